The predicted octanol–water partition coefficient (Wildman–Crippen LogP) is 3.88. The Bertz CT molecular complexity index is 761. The van der Waals surface area contributed by atoms with Crippen molar-refractivity contribution in [2.24, 2.45) is 41.4 Å². The molecule has 4 aliphatic rings. The van der Waals surface area contributed by atoms with Crippen LogP contribution in [0.25, 0.3) is 6.08 Å². The van der Waals surface area contributed by atoms with Crippen LogP contribution in [0.15, 0.2) is 29.8 Å². The molecule has 2 bridgehead atoms. The molecular formula is C21H22ClNO2. The number of allylic oxidation sites excluding steroid dienone is 1. The van der Waals surface area contributed by atoms with Gasteiger partial charge in [-0.2, -0.15) is 0 Å². The third-order valence-corrected chi connectivity index (χ3v) is 6.93. The van der Waals surface area contributed by atoms with Crippen molar-refractivity contribution in [1.82, 2.24) is 4.90 Å². The lowest BCUT2D eigenvalue weighted by atomic mass is 9.81. The molecule has 4 fully saturated rings. The number of amides is 2. The van der Waals surface area contributed by atoms with Gasteiger partial charge in [0.1, 0.15) is 0 Å². The van der Waals surface area contributed by atoms with Crippen molar-refractivity contribution >= 4 is 29.5 Å². The Balaban J connectivity index is 1.41. The topological polar surface area (TPSA) is 37.4 Å². The van der Waals surface area contributed by atoms with Crippen molar-refractivity contribution < 1.29 is 9.59 Å². The third kappa shape index (κ3) is 2.11. The molecule has 0 aromatic heterocycles. The number of hydrogen-bond acceptors (Lipinski definition) is 2. The summed E-state index contributed by atoms with van der Waals surface area (Å²) in [4.78, 5) is 27.3. The van der Waals surface area contributed by atoms with Gasteiger partial charge in [-0.05, 0) is 53.7 Å². The van der Waals surface area contributed by atoms with Crippen molar-refractivity contribution in [3.8, 4) is 0 Å². The average molecular weight is 356 g/mol. The van der Waals surface area contributed by atoms with Gasteiger partial charge in [-0.1, -0.05) is 49.2 Å². The van der Waals surface area contributed by atoms with Gasteiger partial charge in [0, 0.05) is 11.6 Å². The van der Waals surface area contributed by atoms with E-state index < -0.39 is 0 Å². The van der Waals surface area contributed by atoms with Gasteiger partial charge in [0.15, 0.2) is 0 Å². The number of hydrogen-bond donors (Lipinski definition) is 0. The number of carbonyl (C=O) groups is 2. The number of halogens is 1. The van der Waals surface area contributed by atoms with Gasteiger partial charge in [-0.3, -0.25) is 14.5 Å². The van der Waals surface area contributed by atoms with Crippen molar-refractivity contribution in [2.45, 2.75) is 20.3 Å². The molecule has 2 amide bonds. The maximum absolute atomic E-state index is 12.9. The molecule has 0 N–H and O–H groups in total. The molecule has 1 saturated heterocycles. The fourth-order valence-electron chi connectivity index (χ4n) is 5.86. The van der Waals surface area contributed by atoms with E-state index in [1.807, 2.05) is 24.3 Å². The summed E-state index contributed by atoms with van der Waals surface area (Å²) in [5.74, 6) is 2.26. The minimum atomic E-state index is -0.0476. The molecule has 0 spiro atoms. The van der Waals surface area contributed by atoms with E-state index in [2.05, 4.69) is 19.9 Å². The van der Waals surface area contributed by atoms with E-state index in [1.54, 1.807) is 4.90 Å². The highest BCUT2D eigenvalue weighted by Gasteiger charge is 2.73. The molecule has 5 rings (SSSR count). The van der Waals surface area contributed by atoms with Crippen LogP contribution in [0.2, 0.25) is 5.02 Å². The average Bonchev–Trinajstić information content (AvgIpc) is 2.87. The summed E-state index contributed by atoms with van der Waals surface area (Å²) in [5.41, 5.74) is 2.62. The van der Waals surface area contributed by atoms with Crippen molar-refractivity contribution in [3.05, 3.63) is 40.4 Å². The molecule has 4 heteroatoms. The van der Waals surface area contributed by atoms with E-state index in [9.17, 15) is 9.59 Å². The molecule has 3 nitrogen and oxygen atoms in total. The third-order valence-electron chi connectivity index (χ3n) is 6.68. The lowest BCUT2D eigenvalue weighted by Gasteiger charge is -2.20. The number of nitrogens with zero attached hydrogens (tertiary/aromatic N) is 1. The summed E-state index contributed by atoms with van der Waals surface area (Å²) in [6.45, 7) is 4.70. The number of carbonyl (C=O) groups excluding carboxylic acids is 2. The van der Waals surface area contributed by atoms with Crippen molar-refractivity contribution in [3.63, 3.8) is 0 Å². The Labute approximate surface area is 153 Å². The monoisotopic (exact) mass is 355 g/mol. The summed E-state index contributed by atoms with van der Waals surface area (Å²) in [6.07, 6.45) is 3.32. The van der Waals surface area contributed by atoms with E-state index in [1.165, 1.54) is 5.57 Å². The molecular weight excluding hydrogens is 334 g/mol. The number of imide groups is 1. The number of likely N-dealkylation sites (tertiary alicyclic amines) is 1. The highest BCUT2D eigenvalue weighted by atomic mass is 35.5. The standard InChI is InChI=1S/C21H22ClNO2/c1-10(2)9-23-20(24)18-14-8-15(19(18)21(23)25)17-13(16(14)17)7-11-3-5-12(22)6-4-11/h3-7,10,14-19H,8-9H2,1-2H3/t14-,15+,16+,17-,18+,19-. The Morgan fingerprint density at radius 3 is 2.12 bits per heavy atom. The lowest BCUT2D eigenvalue weighted by molar-refractivity contribution is -0.141. The molecule has 0 unspecified atom stereocenters. The van der Waals surface area contributed by atoms with Crippen LogP contribution in [0.1, 0.15) is 25.8 Å². The van der Waals surface area contributed by atoms with Gasteiger partial charge in [0.05, 0.1) is 11.8 Å². The van der Waals surface area contributed by atoms with Gasteiger partial charge >= 0.3 is 0 Å². The largest absolute Gasteiger partial charge is 0.282 e. The molecule has 3 aliphatic carbocycles. The van der Waals surface area contributed by atoms with E-state index in [-0.39, 0.29) is 23.7 Å². The zero-order valence-electron chi connectivity index (χ0n) is 14.5. The van der Waals surface area contributed by atoms with Crippen molar-refractivity contribution in [1.29, 1.82) is 0 Å². The summed E-state index contributed by atoms with van der Waals surface area (Å²) < 4.78 is 0. The predicted molar refractivity (Wildman–Crippen MR) is 96.5 cm³/mol. The van der Waals surface area contributed by atoms with Crippen LogP contribution in [0.5, 0.6) is 0 Å². The Morgan fingerprint density at radius 2 is 1.60 bits per heavy atom. The smallest absolute Gasteiger partial charge is 0.233 e. The van der Waals surface area contributed by atoms with Crippen molar-refractivity contribution in [2.75, 3.05) is 6.54 Å². The van der Waals surface area contributed by atoms with Crippen LogP contribution in [0.3, 0.4) is 0 Å². The van der Waals surface area contributed by atoms with E-state index >= 15 is 0 Å². The highest BCUT2D eigenvalue weighted by Crippen LogP contribution is 2.74. The minimum absolute atomic E-state index is 0.0476. The van der Waals surface area contributed by atoms with Crippen LogP contribution >= 0.6 is 11.6 Å². The number of benzene rings is 1. The fourth-order valence-corrected chi connectivity index (χ4v) is 5.99. The van der Waals surface area contributed by atoms with Crippen LogP contribution in [0, 0.1) is 41.4 Å². The quantitative estimate of drug-likeness (QED) is 0.772. The van der Waals surface area contributed by atoms with E-state index in [0.29, 0.717) is 36.1 Å². The zero-order chi connectivity index (χ0) is 17.5. The van der Waals surface area contributed by atoms with Crippen LogP contribution in [-0.2, 0) is 9.59 Å². The fraction of sp³-hybridized carbons (Fsp3) is 0.524. The maximum atomic E-state index is 12.9. The van der Waals surface area contributed by atoms with Gasteiger partial charge in [-0.25, -0.2) is 0 Å². The van der Waals surface area contributed by atoms with Gasteiger partial charge in [0.2, 0.25) is 11.8 Å². The molecule has 3 saturated carbocycles. The van der Waals surface area contributed by atoms with Gasteiger partial charge in [0.25, 0.3) is 0 Å². The number of rotatable bonds is 3. The first-order valence-corrected chi connectivity index (χ1v) is 9.67. The molecule has 1 aromatic rings. The van der Waals surface area contributed by atoms with E-state index in [0.717, 1.165) is 17.0 Å². The van der Waals surface area contributed by atoms with Crippen LogP contribution in [-0.4, -0.2) is 23.3 Å². The summed E-state index contributed by atoms with van der Waals surface area (Å²) in [7, 11) is 0. The second-order valence-corrected chi connectivity index (χ2v) is 8.98. The Morgan fingerprint density at radius 1 is 1.04 bits per heavy atom. The van der Waals surface area contributed by atoms with Crippen LogP contribution in [0.4, 0.5) is 0 Å². The lowest BCUT2D eigenvalue weighted by Crippen LogP contribution is -2.36. The molecule has 25 heavy (non-hydrogen) atoms. The normalized spacial score (nSPS) is 39.5. The number of fused-ring (bicyclic) bond motifs is 8. The zero-order valence-corrected chi connectivity index (χ0v) is 15.2. The van der Waals surface area contributed by atoms with E-state index in [4.69, 9.17) is 11.6 Å². The Hall–Kier alpha value is -1.61. The first kappa shape index (κ1) is 15.6. The second-order valence-electron chi connectivity index (χ2n) is 8.54. The molecule has 0 radical (unpaired) electrons. The minimum Gasteiger partial charge on any atom is -0.282 e. The SMILES string of the molecule is CC(C)CN1C(=O)[C@@H]2[C@H]3C[C@@H]([C@@H]2C1=O)[C@@H]1C(=Cc2ccc(Cl)cc2)[C@H]31. The molecule has 1 heterocycles. The molecule has 1 aliphatic heterocycles. The maximum Gasteiger partial charge on any atom is 0.233 e. The van der Waals surface area contributed by atoms with Crippen LogP contribution < -0.4 is 0 Å². The first-order valence-electron chi connectivity index (χ1n) is 9.29. The molecule has 130 valence electrons. The summed E-state index contributed by atoms with van der Waals surface area (Å²) in [6, 6.07) is 7.89. The highest BCUT2D eigenvalue weighted by molar-refractivity contribution is 6.30. The molecule has 6 atom stereocenters. The first-order chi connectivity index (χ1) is 12.0. The molecule has 1 aromatic carbocycles. The Kier molecular flexibility index (Phi) is 3.25. The van der Waals surface area contributed by atoms with Gasteiger partial charge in [-0.15, -0.1) is 0 Å². The second kappa shape index (κ2) is 5.20. The summed E-state index contributed by atoms with van der Waals surface area (Å²) >= 11 is 5.96. The summed E-state index contributed by atoms with van der Waals surface area (Å²) in [5, 5.41) is 0.745. The van der Waals surface area contributed by atoms with Gasteiger partial charge < -0.3 is 0 Å².